The lowest BCUT2D eigenvalue weighted by atomic mass is 10.1. The molecule has 2 rings (SSSR count). The molecule has 110 valence electrons. The van der Waals surface area contributed by atoms with Gasteiger partial charge in [-0.05, 0) is 45.5 Å². The van der Waals surface area contributed by atoms with E-state index in [9.17, 15) is 0 Å². The molecule has 1 atom stereocenters. The zero-order chi connectivity index (χ0) is 14.7. The van der Waals surface area contributed by atoms with E-state index in [0.29, 0.717) is 6.04 Å². The summed E-state index contributed by atoms with van der Waals surface area (Å²) in [6.45, 7) is 7.37. The van der Waals surface area contributed by atoms with Crippen LogP contribution in [-0.4, -0.2) is 48.4 Å². The van der Waals surface area contributed by atoms with Gasteiger partial charge in [0, 0.05) is 30.4 Å². The second-order valence-electron chi connectivity index (χ2n) is 5.64. The van der Waals surface area contributed by atoms with Crippen molar-refractivity contribution in [2.75, 3.05) is 31.6 Å². The molecule has 1 fully saturated rings. The molecule has 1 aliphatic rings. The van der Waals surface area contributed by atoms with Gasteiger partial charge < -0.3 is 15.5 Å². The molecule has 5 nitrogen and oxygen atoms in total. The maximum Gasteiger partial charge on any atom is 0.129 e. The molecule has 0 saturated carbocycles. The monoisotopic (exact) mass is 275 g/mol. The minimum Gasteiger partial charge on any atom is -0.384 e. The molecule has 0 aliphatic carbocycles. The van der Waals surface area contributed by atoms with Gasteiger partial charge in [0.05, 0.1) is 0 Å². The van der Waals surface area contributed by atoms with Crippen LogP contribution in [0.5, 0.6) is 0 Å². The molecule has 1 aromatic rings. The normalized spacial score (nSPS) is 20.8. The SMILES string of the molecule is CCC1CN(C)CCCN1c1cc(C(=N)N)cc(C)n1. The number of hydrogen-bond donors (Lipinski definition) is 2. The first-order chi connectivity index (χ1) is 9.51. The first-order valence-corrected chi connectivity index (χ1v) is 7.29. The number of nitrogen functional groups attached to an aromatic ring is 1. The molecule has 2 heterocycles. The van der Waals surface area contributed by atoms with E-state index in [4.69, 9.17) is 11.1 Å². The van der Waals surface area contributed by atoms with Crippen LogP contribution in [-0.2, 0) is 0 Å². The van der Waals surface area contributed by atoms with Crippen molar-refractivity contribution in [2.45, 2.75) is 32.7 Å². The number of nitrogens with two attached hydrogens (primary N) is 1. The van der Waals surface area contributed by atoms with Crippen molar-refractivity contribution >= 4 is 11.7 Å². The molecular weight excluding hydrogens is 250 g/mol. The highest BCUT2D eigenvalue weighted by Gasteiger charge is 2.23. The lowest BCUT2D eigenvalue weighted by molar-refractivity contribution is 0.327. The Bertz CT molecular complexity index is 485. The summed E-state index contributed by atoms with van der Waals surface area (Å²) in [5.41, 5.74) is 7.31. The molecule has 1 saturated heterocycles. The average molecular weight is 275 g/mol. The molecule has 0 aromatic carbocycles. The van der Waals surface area contributed by atoms with Gasteiger partial charge in [0.15, 0.2) is 0 Å². The van der Waals surface area contributed by atoms with Crippen LogP contribution in [0.2, 0.25) is 0 Å². The first kappa shape index (κ1) is 14.8. The number of anilines is 1. The number of rotatable bonds is 3. The van der Waals surface area contributed by atoms with Crippen LogP contribution in [0.1, 0.15) is 31.0 Å². The largest absolute Gasteiger partial charge is 0.384 e. The van der Waals surface area contributed by atoms with E-state index in [1.54, 1.807) is 0 Å². The van der Waals surface area contributed by atoms with E-state index in [1.165, 1.54) is 0 Å². The molecule has 1 aromatic heterocycles. The van der Waals surface area contributed by atoms with Gasteiger partial charge in [0.1, 0.15) is 11.7 Å². The average Bonchev–Trinajstić information content (AvgIpc) is 2.59. The van der Waals surface area contributed by atoms with Crippen molar-refractivity contribution in [3.63, 3.8) is 0 Å². The van der Waals surface area contributed by atoms with Crippen LogP contribution >= 0.6 is 0 Å². The third-order valence-corrected chi connectivity index (χ3v) is 3.92. The predicted molar refractivity (Wildman–Crippen MR) is 83.5 cm³/mol. The van der Waals surface area contributed by atoms with Crippen molar-refractivity contribution in [1.29, 1.82) is 5.41 Å². The van der Waals surface area contributed by atoms with Crippen molar-refractivity contribution in [2.24, 2.45) is 5.73 Å². The molecule has 0 radical (unpaired) electrons. The summed E-state index contributed by atoms with van der Waals surface area (Å²) in [5, 5.41) is 7.64. The lowest BCUT2D eigenvalue weighted by Crippen LogP contribution is -2.40. The van der Waals surface area contributed by atoms with E-state index >= 15 is 0 Å². The maximum absolute atomic E-state index is 7.64. The Balaban J connectivity index is 2.34. The molecular formula is C15H25N5. The highest BCUT2D eigenvalue weighted by molar-refractivity contribution is 5.95. The zero-order valence-corrected chi connectivity index (χ0v) is 12.7. The molecule has 0 amide bonds. The van der Waals surface area contributed by atoms with Gasteiger partial charge in [0.25, 0.3) is 0 Å². The number of nitrogens with one attached hydrogen (secondary N) is 1. The number of aryl methyl sites for hydroxylation is 1. The van der Waals surface area contributed by atoms with E-state index in [-0.39, 0.29) is 5.84 Å². The van der Waals surface area contributed by atoms with Crippen LogP contribution in [0, 0.1) is 12.3 Å². The Morgan fingerprint density at radius 1 is 1.45 bits per heavy atom. The third-order valence-electron chi connectivity index (χ3n) is 3.92. The van der Waals surface area contributed by atoms with Gasteiger partial charge in [-0.25, -0.2) is 4.98 Å². The first-order valence-electron chi connectivity index (χ1n) is 7.29. The molecule has 0 bridgehead atoms. The van der Waals surface area contributed by atoms with Crippen molar-refractivity contribution < 1.29 is 0 Å². The summed E-state index contributed by atoms with van der Waals surface area (Å²) in [6.07, 6.45) is 2.23. The number of likely N-dealkylation sites (N-methyl/N-ethyl adjacent to an activating group) is 1. The summed E-state index contributed by atoms with van der Waals surface area (Å²) in [6, 6.07) is 4.29. The van der Waals surface area contributed by atoms with Crippen molar-refractivity contribution in [1.82, 2.24) is 9.88 Å². The second kappa shape index (κ2) is 6.22. The Hall–Kier alpha value is -1.62. The number of pyridine rings is 1. The van der Waals surface area contributed by atoms with Gasteiger partial charge in [-0.15, -0.1) is 0 Å². The van der Waals surface area contributed by atoms with Gasteiger partial charge in [-0.1, -0.05) is 6.92 Å². The molecule has 0 spiro atoms. The summed E-state index contributed by atoms with van der Waals surface area (Å²) in [4.78, 5) is 9.42. The number of nitrogens with zero attached hydrogens (tertiary/aromatic N) is 3. The lowest BCUT2D eigenvalue weighted by Gasteiger charge is -2.31. The third kappa shape index (κ3) is 3.28. The predicted octanol–water partition coefficient (Wildman–Crippen LogP) is 1.59. The quantitative estimate of drug-likeness (QED) is 0.649. The smallest absolute Gasteiger partial charge is 0.129 e. The Morgan fingerprint density at radius 2 is 2.20 bits per heavy atom. The number of aromatic nitrogens is 1. The fourth-order valence-corrected chi connectivity index (χ4v) is 2.85. The van der Waals surface area contributed by atoms with E-state index in [1.807, 2.05) is 19.1 Å². The van der Waals surface area contributed by atoms with Crippen LogP contribution in [0.4, 0.5) is 5.82 Å². The highest BCUT2D eigenvalue weighted by atomic mass is 15.3. The summed E-state index contributed by atoms with van der Waals surface area (Å²) in [7, 11) is 2.18. The zero-order valence-electron chi connectivity index (χ0n) is 12.7. The van der Waals surface area contributed by atoms with E-state index in [0.717, 1.165) is 49.6 Å². The summed E-state index contributed by atoms with van der Waals surface area (Å²) in [5.74, 6) is 1.06. The van der Waals surface area contributed by atoms with Gasteiger partial charge in [0.2, 0.25) is 0 Å². The summed E-state index contributed by atoms with van der Waals surface area (Å²) < 4.78 is 0. The maximum atomic E-state index is 7.64. The number of hydrogen-bond acceptors (Lipinski definition) is 4. The van der Waals surface area contributed by atoms with Gasteiger partial charge >= 0.3 is 0 Å². The topological polar surface area (TPSA) is 69.2 Å². The molecule has 20 heavy (non-hydrogen) atoms. The molecule has 1 aliphatic heterocycles. The Labute approximate surface area is 121 Å². The van der Waals surface area contributed by atoms with Crippen LogP contribution < -0.4 is 10.6 Å². The molecule has 3 N–H and O–H groups in total. The molecule has 1 unspecified atom stereocenters. The molecule has 5 heteroatoms. The van der Waals surface area contributed by atoms with Crippen LogP contribution in [0.25, 0.3) is 0 Å². The second-order valence-corrected chi connectivity index (χ2v) is 5.64. The summed E-state index contributed by atoms with van der Waals surface area (Å²) >= 11 is 0. The highest BCUT2D eigenvalue weighted by Crippen LogP contribution is 2.21. The van der Waals surface area contributed by atoms with Crippen molar-refractivity contribution in [3.8, 4) is 0 Å². The van der Waals surface area contributed by atoms with E-state index < -0.39 is 0 Å². The number of amidine groups is 1. The van der Waals surface area contributed by atoms with Crippen molar-refractivity contribution in [3.05, 3.63) is 23.4 Å². The van der Waals surface area contributed by atoms with Crippen LogP contribution in [0.15, 0.2) is 12.1 Å². The fourth-order valence-electron chi connectivity index (χ4n) is 2.85. The van der Waals surface area contributed by atoms with Gasteiger partial charge in [-0.3, -0.25) is 5.41 Å². The fraction of sp³-hybridized carbons (Fsp3) is 0.600. The van der Waals surface area contributed by atoms with E-state index in [2.05, 4.69) is 28.8 Å². The van der Waals surface area contributed by atoms with Gasteiger partial charge in [-0.2, -0.15) is 0 Å². The van der Waals surface area contributed by atoms with Crippen LogP contribution in [0.3, 0.4) is 0 Å². The standard InChI is InChI=1S/C15H25N5/c1-4-13-10-19(3)6-5-7-20(13)14-9-12(15(16)17)8-11(2)18-14/h8-9,13H,4-7,10H2,1-3H3,(H3,16,17). The minimum atomic E-state index is 0.108. The minimum absolute atomic E-state index is 0.108. The Morgan fingerprint density at radius 3 is 2.85 bits per heavy atom. The Kier molecular flexibility index (Phi) is 4.60.